The van der Waals surface area contributed by atoms with Crippen LogP contribution in [-0.2, 0) is 0 Å². The fraction of sp³-hybridized carbons (Fsp3) is 0. The molecular formula is C15H10FN3O3. The number of carbonyl (C=O) groups is 1. The summed E-state index contributed by atoms with van der Waals surface area (Å²) in [6.45, 7) is 0. The van der Waals surface area contributed by atoms with Crippen molar-refractivity contribution in [2.24, 2.45) is 0 Å². The third kappa shape index (κ3) is 2.78. The number of aromatic nitrogens is 2. The van der Waals surface area contributed by atoms with Crippen LogP contribution in [0.4, 0.5) is 10.4 Å². The van der Waals surface area contributed by atoms with Gasteiger partial charge in [-0.1, -0.05) is 12.1 Å². The molecule has 0 bridgehead atoms. The SMILES string of the molecule is O=C(Nc1nc(-c2ccccc2F)co1)c1ccc(=O)[nH]c1. The average Bonchev–Trinajstić information content (AvgIpc) is 2.96. The van der Waals surface area contributed by atoms with E-state index in [-0.39, 0.29) is 28.4 Å². The molecule has 6 nitrogen and oxygen atoms in total. The minimum absolute atomic E-state index is 0.0607. The van der Waals surface area contributed by atoms with E-state index >= 15 is 0 Å². The van der Waals surface area contributed by atoms with Gasteiger partial charge >= 0.3 is 6.01 Å². The van der Waals surface area contributed by atoms with Gasteiger partial charge in [-0.25, -0.2) is 4.39 Å². The molecule has 2 aromatic heterocycles. The molecule has 0 unspecified atom stereocenters. The molecule has 3 aromatic rings. The van der Waals surface area contributed by atoms with E-state index in [1.165, 1.54) is 30.7 Å². The number of halogens is 1. The second-order valence-corrected chi connectivity index (χ2v) is 4.41. The van der Waals surface area contributed by atoms with Crippen molar-refractivity contribution in [3.8, 4) is 11.3 Å². The summed E-state index contributed by atoms with van der Waals surface area (Å²) in [5.74, 6) is -0.938. The third-order valence-corrected chi connectivity index (χ3v) is 2.92. The van der Waals surface area contributed by atoms with Crippen LogP contribution in [0.3, 0.4) is 0 Å². The van der Waals surface area contributed by atoms with E-state index in [2.05, 4.69) is 15.3 Å². The second-order valence-electron chi connectivity index (χ2n) is 4.41. The van der Waals surface area contributed by atoms with Crippen molar-refractivity contribution in [1.82, 2.24) is 9.97 Å². The minimum Gasteiger partial charge on any atom is -0.431 e. The van der Waals surface area contributed by atoms with Gasteiger partial charge in [-0.3, -0.25) is 14.9 Å². The van der Waals surface area contributed by atoms with E-state index in [1.807, 2.05) is 0 Å². The number of pyridine rings is 1. The zero-order valence-corrected chi connectivity index (χ0v) is 11.2. The molecule has 1 amide bonds. The fourth-order valence-electron chi connectivity index (χ4n) is 1.84. The summed E-state index contributed by atoms with van der Waals surface area (Å²) >= 11 is 0. The molecule has 110 valence electrons. The zero-order valence-electron chi connectivity index (χ0n) is 11.2. The summed E-state index contributed by atoms with van der Waals surface area (Å²) in [5, 5.41) is 2.43. The summed E-state index contributed by atoms with van der Waals surface area (Å²) in [5.41, 5.74) is 0.477. The monoisotopic (exact) mass is 299 g/mol. The molecule has 0 spiro atoms. The Balaban J connectivity index is 1.80. The van der Waals surface area contributed by atoms with Crippen LogP contribution in [-0.4, -0.2) is 15.9 Å². The maximum Gasteiger partial charge on any atom is 0.302 e. The first-order valence-electron chi connectivity index (χ1n) is 6.34. The summed E-state index contributed by atoms with van der Waals surface area (Å²) in [7, 11) is 0. The van der Waals surface area contributed by atoms with Crippen molar-refractivity contribution in [2.75, 3.05) is 5.32 Å². The molecule has 1 aromatic carbocycles. The second kappa shape index (κ2) is 5.65. The quantitative estimate of drug-likeness (QED) is 0.777. The Labute approximate surface area is 123 Å². The number of nitrogens with zero attached hydrogens (tertiary/aromatic N) is 1. The summed E-state index contributed by atoms with van der Waals surface area (Å²) in [6, 6.07) is 8.64. The molecule has 0 atom stereocenters. The Morgan fingerprint density at radius 2 is 2.05 bits per heavy atom. The van der Waals surface area contributed by atoms with Gasteiger partial charge in [-0.15, -0.1) is 0 Å². The van der Waals surface area contributed by atoms with Crippen LogP contribution in [0.5, 0.6) is 0 Å². The molecule has 0 saturated heterocycles. The van der Waals surface area contributed by atoms with Crippen LogP contribution in [0, 0.1) is 5.82 Å². The van der Waals surface area contributed by atoms with Crippen LogP contribution in [0.2, 0.25) is 0 Å². The maximum absolute atomic E-state index is 13.6. The number of anilines is 1. The number of nitrogens with one attached hydrogen (secondary N) is 2. The van der Waals surface area contributed by atoms with Crippen molar-refractivity contribution in [1.29, 1.82) is 0 Å². The third-order valence-electron chi connectivity index (χ3n) is 2.92. The first kappa shape index (κ1) is 13.7. The predicted octanol–water partition coefficient (Wildman–Crippen LogP) is 2.42. The minimum atomic E-state index is -0.502. The summed E-state index contributed by atoms with van der Waals surface area (Å²) in [4.78, 5) is 29.3. The van der Waals surface area contributed by atoms with Crippen molar-refractivity contribution in [3.05, 3.63) is 70.6 Å². The molecule has 0 aliphatic heterocycles. The fourth-order valence-corrected chi connectivity index (χ4v) is 1.84. The molecule has 22 heavy (non-hydrogen) atoms. The number of amides is 1. The highest BCUT2D eigenvalue weighted by atomic mass is 19.1. The molecule has 2 heterocycles. The topological polar surface area (TPSA) is 88.0 Å². The highest BCUT2D eigenvalue weighted by Crippen LogP contribution is 2.23. The van der Waals surface area contributed by atoms with Crippen LogP contribution in [0.25, 0.3) is 11.3 Å². The number of oxazole rings is 1. The van der Waals surface area contributed by atoms with E-state index in [0.717, 1.165) is 0 Å². The van der Waals surface area contributed by atoms with Gasteiger partial charge in [0, 0.05) is 17.8 Å². The van der Waals surface area contributed by atoms with Gasteiger partial charge in [0.25, 0.3) is 5.91 Å². The van der Waals surface area contributed by atoms with Crippen molar-refractivity contribution in [3.63, 3.8) is 0 Å². The lowest BCUT2D eigenvalue weighted by Crippen LogP contribution is -2.14. The normalized spacial score (nSPS) is 10.4. The lowest BCUT2D eigenvalue weighted by atomic mass is 10.1. The largest absolute Gasteiger partial charge is 0.431 e. The molecule has 2 N–H and O–H groups in total. The number of aromatic amines is 1. The van der Waals surface area contributed by atoms with E-state index < -0.39 is 11.7 Å². The lowest BCUT2D eigenvalue weighted by Gasteiger charge is -1.99. The van der Waals surface area contributed by atoms with Gasteiger partial charge < -0.3 is 9.40 Å². The van der Waals surface area contributed by atoms with Gasteiger partial charge in [0.1, 0.15) is 17.8 Å². The molecule has 0 fully saturated rings. The lowest BCUT2D eigenvalue weighted by molar-refractivity contribution is 0.102. The summed E-state index contributed by atoms with van der Waals surface area (Å²) in [6.07, 6.45) is 2.53. The van der Waals surface area contributed by atoms with Gasteiger partial charge in [0.2, 0.25) is 5.56 Å². The van der Waals surface area contributed by atoms with Gasteiger partial charge in [-0.2, -0.15) is 4.98 Å². The van der Waals surface area contributed by atoms with Crippen molar-refractivity contribution >= 4 is 11.9 Å². The zero-order chi connectivity index (χ0) is 15.5. The first-order valence-corrected chi connectivity index (χ1v) is 6.34. The molecule has 0 aliphatic rings. The van der Waals surface area contributed by atoms with E-state index in [0.29, 0.717) is 0 Å². The first-order chi connectivity index (χ1) is 10.6. The summed E-state index contributed by atoms with van der Waals surface area (Å²) < 4.78 is 18.8. The van der Waals surface area contributed by atoms with Crippen LogP contribution in [0.15, 0.2) is 58.1 Å². The molecule has 0 radical (unpaired) electrons. The van der Waals surface area contributed by atoms with Gasteiger partial charge in [0.05, 0.1) is 5.56 Å². The Bertz CT molecular complexity index is 865. The maximum atomic E-state index is 13.6. The standard InChI is InChI=1S/C15H10FN3O3/c16-11-4-2-1-3-10(11)12-8-22-15(18-12)19-14(21)9-5-6-13(20)17-7-9/h1-8H,(H,17,20)(H,18,19,21). The van der Waals surface area contributed by atoms with Crippen LogP contribution >= 0.6 is 0 Å². The van der Waals surface area contributed by atoms with Crippen molar-refractivity contribution in [2.45, 2.75) is 0 Å². The molecule has 0 aliphatic carbocycles. The Morgan fingerprint density at radius 1 is 1.23 bits per heavy atom. The number of hydrogen-bond acceptors (Lipinski definition) is 4. The number of carbonyl (C=O) groups excluding carboxylic acids is 1. The Kier molecular flexibility index (Phi) is 3.53. The number of H-pyrrole nitrogens is 1. The smallest absolute Gasteiger partial charge is 0.302 e. The van der Waals surface area contributed by atoms with Crippen molar-refractivity contribution < 1.29 is 13.6 Å². The molecule has 7 heteroatoms. The van der Waals surface area contributed by atoms with E-state index in [4.69, 9.17) is 4.42 Å². The van der Waals surface area contributed by atoms with Gasteiger partial charge in [-0.05, 0) is 18.2 Å². The Hall–Kier alpha value is -3.22. The number of hydrogen-bond donors (Lipinski definition) is 2. The Morgan fingerprint density at radius 3 is 2.77 bits per heavy atom. The number of benzene rings is 1. The predicted molar refractivity (Wildman–Crippen MR) is 76.9 cm³/mol. The highest BCUT2D eigenvalue weighted by Gasteiger charge is 2.13. The molecular weight excluding hydrogens is 289 g/mol. The average molecular weight is 299 g/mol. The van der Waals surface area contributed by atoms with Crippen LogP contribution < -0.4 is 10.9 Å². The van der Waals surface area contributed by atoms with E-state index in [9.17, 15) is 14.0 Å². The molecule has 3 rings (SSSR count). The molecule has 0 saturated carbocycles. The van der Waals surface area contributed by atoms with Gasteiger partial charge in [0.15, 0.2) is 0 Å². The van der Waals surface area contributed by atoms with E-state index in [1.54, 1.807) is 18.2 Å². The van der Waals surface area contributed by atoms with Crippen LogP contribution in [0.1, 0.15) is 10.4 Å². The number of rotatable bonds is 3. The highest BCUT2D eigenvalue weighted by molar-refractivity contribution is 6.02.